The first-order valence-electron chi connectivity index (χ1n) is 11.9. The molecule has 0 saturated heterocycles. The summed E-state index contributed by atoms with van der Waals surface area (Å²) in [4.78, 5) is 16.1. The predicted octanol–water partition coefficient (Wildman–Crippen LogP) is 7.15. The minimum Gasteiger partial charge on any atom is -0.345 e. The highest BCUT2D eigenvalue weighted by Crippen LogP contribution is 2.28. The van der Waals surface area contributed by atoms with Crippen molar-refractivity contribution in [1.82, 2.24) is 9.47 Å². The van der Waals surface area contributed by atoms with Crippen LogP contribution in [0.15, 0.2) is 103 Å². The van der Waals surface area contributed by atoms with Crippen LogP contribution in [0.25, 0.3) is 0 Å². The van der Waals surface area contributed by atoms with Crippen LogP contribution in [-0.2, 0) is 17.9 Å². The molecule has 4 aromatic rings. The largest absolute Gasteiger partial charge is 0.345 e. The molecule has 0 aliphatic heterocycles. The highest BCUT2D eigenvalue weighted by atomic mass is 35.5. The molecule has 34 heavy (non-hydrogen) atoms. The van der Waals surface area contributed by atoms with Gasteiger partial charge in [0, 0.05) is 30.0 Å². The second kappa shape index (κ2) is 11.7. The van der Waals surface area contributed by atoms with Crippen LogP contribution >= 0.6 is 11.6 Å². The molecule has 0 spiro atoms. The topological polar surface area (TPSA) is 25.2 Å². The molecule has 3 aromatic carbocycles. The van der Waals surface area contributed by atoms with Crippen molar-refractivity contribution in [2.75, 3.05) is 6.54 Å². The van der Waals surface area contributed by atoms with E-state index in [0.717, 1.165) is 46.8 Å². The van der Waals surface area contributed by atoms with E-state index in [1.807, 2.05) is 95.9 Å². The Morgan fingerprint density at radius 3 is 2.09 bits per heavy atom. The molecule has 0 saturated carbocycles. The Bertz CT molecular complexity index is 1150. The van der Waals surface area contributed by atoms with Gasteiger partial charge in [-0.3, -0.25) is 4.79 Å². The number of hydrogen-bond acceptors (Lipinski definition) is 1. The van der Waals surface area contributed by atoms with Gasteiger partial charge in [-0.25, -0.2) is 0 Å². The Labute approximate surface area is 207 Å². The molecule has 4 heteroatoms. The molecule has 0 radical (unpaired) electrons. The van der Waals surface area contributed by atoms with Gasteiger partial charge in [-0.05, 0) is 41.3 Å². The molecule has 3 nitrogen and oxygen atoms in total. The normalized spacial score (nSPS) is 11.0. The zero-order valence-corrected chi connectivity index (χ0v) is 20.4. The average Bonchev–Trinajstić information content (AvgIpc) is 3.31. The van der Waals surface area contributed by atoms with Crippen molar-refractivity contribution in [2.45, 2.75) is 38.8 Å². The number of amides is 1. The second-order valence-electron chi connectivity index (χ2n) is 8.59. The highest BCUT2D eigenvalue weighted by molar-refractivity contribution is 6.31. The molecule has 1 aromatic heterocycles. The maximum absolute atomic E-state index is 14.1. The fourth-order valence-electron chi connectivity index (χ4n) is 4.32. The summed E-state index contributed by atoms with van der Waals surface area (Å²) in [6, 6.07) is 32.3. The van der Waals surface area contributed by atoms with Crippen molar-refractivity contribution < 1.29 is 4.79 Å². The molecule has 0 fully saturated rings. The van der Waals surface area contributed by atoms with E-state index in [1.54, 1.807) is 0 Å². The standard InChI is InChI=1S/C30H31ClN2O/c1-2-3-20-33(23-27-18-12-21-32(27)22-26-17-10-11-19-28(26)31)30(34)29(24-13-6-4-7-14-24)25-15-8-5-9-16-25/h4-19,21,29H,2-3,20,22-23H2,1H3. The van der Waals surface area contributed by atoms with Gasteiger partial charge in [0.2, 0.25) is 5.91 Å². The summed E-state index contributed by atoms with van der Waals surface area (Å²) in [7, 11) is 0. The lowest BCUT2D eigenvalue weighted by Gasteiger charge is -2.29. The molecule has 174 valence electrons. The van der Waals surface area contributed by atoms with Crippen molar-refractivity contribution in [1.29, 1.82) is 0 Å². The average molecular weight is 471 g/mol. The third-order valence-corrected chi connectivity index (χ3v) is 6.55. The number of carbonyl (C=O) groups is 1. The fourth-order valence-corrected chi connectivity index (χ4v) is 4.52. The number of benzene rings is 3. The van der Waals surface area contributed by atoms with E-state index >= 15 is 0 Å². The molecular weight excluding hydrogens is 440 g/mol. The van der Waals surface area contributed by atoms with Gasteiger partial charge >= 0.3 is 0 Å². The van der Waals surface area contributed by atoms with Gasteiger partial charge in [0.1, 0.15) is 0 Å². The van der Waals surface area contributed by atoms with Crippen molar-refractivity contribution in [3.8, 4) is 0 Å². The quantitative estimate of drug-likeness (QED) is 0.241. The molecule has 0 bridgehead atoms. The zero-order valence-electron chi connectivity index (χ0n) is 19.6. The molecule has 0 atom stereocenters. The molecule has 4 rings (SSSR count). The van der Waals surface area contributed by atoms with Crippen molar-refractivity contribution in [3.05, 3.63) is 131 Å². The Kier molecular flexibility index (Phi) is 8.21. The summed E-state index contributed by atoms with van der Waals surface area (Å²) in [6.07, 6.45) is 4.06. The number of rotatable bonds is 10. The number of aromatic nitrogens is 1. The lowest BCUT2D eigenvalue weighted by atomic mass is 9.90. The van der Waals surface area contributed by atoms with Crippen LogP contribution in [0.3, 0.4) is 0 Å². The van der Waals surface area contributed by atoms with E-state index in [4.69, 9.17) is 11.6 Å². The summed E-state index contributed by atoms with van der Waals surface area (Å²) in [5.41, 5.74) is 4.21. The van der Waals surface area contributed by atoms with Gasteiger partial charge < -0.3 is 9.47 Å². The van der Waals surface area contributed by atoms with Crippen molar-refractivity contribution >= 4 is 17.5 Å². The Morgan fingerprint density at radius 2 is 1.47 bits per heavy atom. The van der Waals surface area contributed by atoms with Crippen LogP contribution in [-0.4, -0.2) is 21.9 Å². The Hall–Kier alpha value is -3.30. The molecule has 0 aliphatic rings. The number of unbranched alkanes of at least 4 members (excludes halogenated alkanes) is 1. The number of nitrogens with zero attached hydrogens (tertiary/aromatic N) is 2. The lowest BCUT2D eigenvalue weighted by molar-refractivity contribution is -0.132. The van der Waals surface area contributed by atoms with Crippen LogP contribution in [0.2, 0.25) is 5.02 Å². The number of halogens is 1. The van der Waals surface area contributed by atoms with E-state index < -0.39 is 0 Å². The molecule has 0 unspecified atom stereocenters. The first-order valence-corrected chi connectivity index (χ1v) is 12.3. The van der Waals surface area contributed by atoms with Crippen LogP contribution in [0.5, 0.6) is 0 Å². The monoisotopic (exact) mass is 470 g/mol. The smallest absolute Gasteiger partial charge is 0.234 e. The lowest BCUT2D eigenvalue weighted by Crippen LogP contribution is -2.36. The minimum absolute atomic E-state index is 0.136. The predicted molar refractivity (Wildman–Crippen MR) is 140 cm³/mol. The number of hydrogen-bond donors (Lipinski definition) is 0. The maximum atomic E-state index is 14.1. The first-order chi connectivity index (χ1) is 16.7. The summed E-state index contributed by atoms with van der Waals surface area (Å²) in [5.74, 6) is -0.192. The Balaban J connectivity index is 1.63. The van der Waals surface area contributed by atoms with E-state index in [-0.39, 0.29) is 11.8 Å². The van der Waals surface area contributed by atoms with Crippen molar-refractivity contribution in [3.63, 3.8) is 0 Å². The molecule has 0 N–H and O–H groups in total. The Morgan fingerprint density at radius 1 is 0.853 bits per heavy atom. The summed E-state index contributed by atoms with van der Waals surface area (Å²) in [5, 5.41) is 0.759. The second-order valence-corrected chi connectivity index (χ2v) is 8.99. The fraction of sp³-hybridized carbons (Fsp3) is 0.233. The van der Waals surface area contributed by atoms with Gasteiger partial charge in [-0.2, -0.15) is 0 Å². The highest BCUT2D eigenvalue weighted by Gasteiger charge is 2.28. The van der Waals surface area contributed by atoms with Crippen LogP contribution in [0, 0.1) is 0 Å². The van der Waals surface area contributed by atoms with E-state index in [0.29, 0.717) is 13.1 Å². The van der Waals surface area contributed by atoms with E-state index in [2.05, 4.69) is 23.8 Å². The van der Waals surface area contributed by atoms with Gasteiger partial charge in [-0.1, -0.05) is 104 Å². The summed E-state index contributed by atoms with van der Waals surface area (Å²) in [6.45, 7) is 4.13. The molecule has 1 heterocycles. The van der Waals surface area contributed by atoms with Gasteiger partial charge in [0.05, 0.1) is 12.5 Å². The van der Waals surface area contributed by atoms with Crippen molar-refractivity contribution in [2.24, 2.45) is 0 Å². The first kappa shape index (κ1) is 23.8. The van der Waals surface area contributed by atoms with E-state index in [1.165, 1.54) is 0 Å². The van der Waals surface area contributed by atoms with Gasteiger partial charge in [-0.15, -0.1) is 0 Å². The van der Waals surface area contributed by atoms with Gasteiger partial charge in [0.25, 0.3) is 0 Å². The summed E-state index contributed by atoms with van der Waals surface area (Å²) >= 11 is 6.42. The van der Waals surface area contributed by atoms with E-state index in [9.17, 15) is 4.79 Å². The SMILES string of the molecule is CCCCN(Cc1cccn1Cc1ccccc1Cl)C(=O)C(c1ccccc1)c1ccccc1. The minimum atomic E-state index is -0.328. The molecular formula is C30H31ClN2O. The van der Waals surface area contributed by atoms with Crippen LogP contribution < -0.4 is 0 Å². The van der Waals surface area contributed by atoms with Crippen LogP contribution in [0.1, 0.15) is 48.1 Å². The summed E-state index contributed by atoms with van der Waals surface area (Å²) < 4.78 is 2.19. The molecule has 1 amide bonds. The van der Waals surface area contributed by atoms with Crippen LogP contribution in [0.4, 0.5) is 0 Å². The van der Waals surface area contributed by atoms with Gasteiger partial charge in [0.15, 0.2) is 0 Å². The third kappa shape index (κ3) is 5.78. The molecule has 0 aliphatic carbocycles. The zero-order chi connectivity index (χ0) is 23.8. The maximum Gasteiger partial charge on any atom is 0.234 e. The number of carbonyl (C=O) groups excluding carboxylic acids is 1. The third-order valence-electron chi connectivity index (χ3n) is 6.18.